The molecule has 0 unspecified atom stereocenters. The lowest BCUT2D eigenvalue weighted by Crippen LogP contribution is -2.36. The van der Waals surface area contributed by atoms with Crippen LogP contribution in [0.1, 0.15) is 55.7 Å². The number of hydrogen-bond donors (Lipinski definition) is 1. The second kappa shape index (κ2) is 10.1. The van der Waals surface area contributed by atoms with Gasteiger partial charge in [0.25, 0.3) is 5.56 Å². The quantitative estimate of drug-likeness (QED) is 0.508. The molecule has 0 aliphatic carbocycles. The molecule has 1 saturated heterocycles. The Morgan fingerprint density at radius 1 is 1.12 bits per heavy atom. The van der Waals surface area contributed by atoms with Crippen molar-refractivity contribution in [3.8, 4) is 0 Å². The number of carbonyl (C=O) groups excluding carboxylic acids is 1. The number of likely N-dealkylation sites (tertiary alicyclic amines) is 1. The highest BCUT2D eigenvalue weighted by atomic mass is 35.5. The van der Waals surface area contributed by atoms with E-state index in [2.05, 4.69) is 16.8 Å². The van der Waals surface area contributed by atoms with Crippen molar-refractivity contribution in [1.82, 2.24) is 24.0 Å². The maximum Gasteiger partial charge on any atom is 0.330 e. The molecule has 1 aliphatic rings. The molecule has 1 N–H and O–H groups in total. The predicted octanol–water partition coefficient (Wildman–Crippen LogP) is 3.45. The summed E-state index contributed by atoms with van der Waals surface area (Å²) < 4.78 is 3.48. The van der Waals surface area contributed by atoms with Crippen LogP contribution in [0, 0.1) is 5.92 Å². The fourth-order valence-corrected chi connectivity index (χ4v) is 4.73. The number of piperidine rings is 1. The van der Waals surface area contributed by atoms with Gasteiger partial charge in [-0.15, -0.1) is 0 Å². The van der Waals surface area contributed by atoms with Gasteiger partial charge in [-0.05, 0) is 63.5 Å². The Labute approximate surface area is 197 Å². The third-order valence-corrected chi connectivity index (χ3v) is 6.72. The SMILES string of the molecule is CCCCn1c(=O)[nH]c(=O)c2c1nc(CN1CCC(C(=O)c3ccc(Cl)cc3)CC1)n2CC. The zero-order chi connectivity index (χ0) is 23.5. The molecule has 1 fully saturated rings. The number of imidazole rings is 1. The number of benzene rings is 1. The van der Waals surface area contributed by atoms with E-state index < -0.39 is 11.2 Å². The number of halogens is 1. The molecule has 0 atom stereocenters. The number of aromatic nitrogens is 4. The van der Waals surface area contributed by atoms with Gasteiger partial charge in [0.1, 0.15) is 5.82 Å². The van der Waals surface area contributed by atoms with Gasteiger partial charge in [0.15, 0.2) is 16.9 Å². The van der Waals surface area contributed by atoms with Crippen LogP contribution in [0.15, 0.2) is 33.9 Å². The van der Waals surface area contributed by atoms with Gasteiger partial charge >= 0.3 is 5.69 Å². The van der Waals surface area contributed by atoms with Crippen molar-refractivity contribution in [2.75, 3.05) is 13.1 Å². The Bertz CT molecular complexity index is 1250. The molecule has 0 bridgehead atoms. The van der Waals surface area contributed by atoms with E-state index in [9.17, 15) is 14.4 Å². The van der Waals surface area contributed by atoms with Crippen LogP contribution in [0.5, 0.6) is 0 Å². The van der Waals surface area contributed by atoms with Gasteiger partial charge < -0.3 is 4.57 Å². The van der Waals surface area contributed by atoms with Crippen molar-refractivity contribution >= 4 is 28.5 Å². The summed E-state index contributed by atoms with van der Waals surface area (Å²) >= 11 is 5.94. The molecule has 0 spiro atoms. The molecule has 0 saturated carbocycles. The van der Waals surface area contributed by atoms with Gasteiger partial charge in [0.2, 0.25) is 0 Å². The van der Waals surface area contributed by atoms with Crippen molar-refractivity contribution in [3.05, 3.63) is 61.5 Å². The first kappa shape index (κ1) is 23.4. The van der Waals surface area contributed by atoms with E-state index in [1.165, 1.54) is 0 Å². The molecule has 4 rings (SSSR count). The molecular weight excluding hydrogens is 442 g/mol. The molecular formula is C24H30ClN5O3. The zero-order valence-corrected chi connectivity index (χ0v) is 19.9. The van der Waals surface area contributed by atoms with Crippen LogP contribution in [0.25, 0.3) is 11.2 Å². The van der Waals surface area contributed by atoms with Gasteiger partial charge in [0, 0.05) is 29.6 Å². The molecule has 3 heterocycles. The lowest BCUT2D eigenvalue weighted by molar-refractivity contribution is 0.0832. The van der Waals surface area contributed by atoms with Gasteiger partial charge in [0.05, 0.1) is 6.54 Å². The average Bonchev–Trinajstić information content (AvgIpc) is 3.18. The molecule has 2 aromatic heterocycles. The predicted molar refractivity (Wildman–Crippen MR) is 129 cm³/mol. The number of nitrogens with one attached hydrogen (secondary N) is 1. The number of fused-ring (bicyclic) bond motifs is 1. The van der Waals surface area contributed by atoms with Crippen molar-refractivity contribution in [2.45, 2.75) is 59.2 Å². The van der Waals surface area contributed by atoms with Crippen molar-refractivity contribution in [1.29, 1.82) is 0 Å². The standard InChI is InChI=1S/C24H30ClN5O3/c1-3-5-12-30-22-20(23(32)27-24(30)33)29(4-2)19(26-22)15-28-13-10-17(11-14-28)21(31)16-6-8-18(25)9-7-16/h6-9,17H,3-5,10-15H2,1-2H3,(H,27,32,33). The monoisotopic (exact) mass is 471 g/mol. The number of aromatic amines is 1. The molecule has 9 heteroatoms. The van der Waals surface area contributed by atoms with Gasteiger partial charge in [-0.3, -0.25) is 24.0 Å². The van der Waals surface area contributed by atoms with E-state index in [-0.39, 0.29) is 11.7 Å². The molecule has 8 nitrogen and oxygen atoms in total. The summed E-state index contributed by atoms with van der Waals surface area (Å²) in [5.74, 6) is 0.935. The normalized spacial score (nSPS) is 15.4. The van der Waals surface area contributed by atoms with Crippen LogP contribution in [-0.4, -0.2) is 42.9 Å². The maximum absolute atomic E-state index is 12.8. The minimum atomic E-state index is -0.408. The number of rotatable bonds is 8. The molecule has 33 heavy (non-hydrogen) atoms. The average molecular weight is 472 g/mol. The third-order valence-electron chi connectivity index (χ3n) is 6.47. The van der Waals surface area contributed by atoms with E-state index in [0.29, 0.717) is 41.4 Å². The number of ketones is 1. The highest BCUT2D eigenvalue weighted by Crippen LogP contribution is 2.24. The molecule has 1 aromatic carbocycles. The van der Waals surface area contributed by atoms with E-state index >= 15 is 0 Å². The molecule has 3 aromatic rings. The smallest absolute Gasteiger partial charge is 0.321 e. The number of unbranched alkanes of at least 4 members (excludes halogenated alkanes) is 1. The second-order valence-corrected chi connectivity index (χ2v) is 9.07. The highest BCUT2D eigenvalue weighted by molar-refractivity contribution is 6.30. The van der Waals surface area contributed by atoms with Crippen molar-refractivity contribution in [3.63, 3.8) is 0 Å². The lowest BCUT2D eigenvalue weighted by Gasteiger charge is -2.31. The number of carbonyl (C=O) groups is 1. The summed E-state index contributed by atoms with van der Waals surface area (Å²) in [4.78, 5) is 47.3. The molecule has 0 radical (unpaired) electrons. The highest BCUT2D eigenvalue weighted by Gasteiger charge is 2.27. The number of aryl methyl sites for hydroxylation is 2. The van der Waals surface area contributed by atoms with Crippen LogP contribution in [-0.2, 0) is 19.6 Å². The van der Waals surface area contributed by atoms with Gasteiger partial charge in [-0.2, -0.15) is 0 Å². The first-order chi connectivity index (χ1) is 15.9. The molecule has 1 aliphatic heterocycles. The summed E-state index contributed by atoms with van der Waals surface area (Å²) in [6, 6.07) is 7.08. The Morgan fingerprint density at radius 3 is 2.45 bits per heavy atom. The largest absolute Gasteiger partial charge is 0.330 e. The minimum absolute atomic E-state index is 0.00511. The Kier molecular flexibility index (Phi) is 7.14. The number of Topliss-reactive ketones (excluding diaryl/α,β-unsaturated/α-hetero) is 1. The summed E-state index contributed by atoms with van der Waals surface area (Å²) in [7, 11) is 0. The zero-order valence-electron chi connectivity index (χ0n) is 19.1. The van der Waals surface area contributed by atoms with E-state index in [1.54, 1.807) is 28.8 Å². The molecule has 176 valence electrons. The topological polar surface area (TPSA) is 93.0 Å². The van der Waals surface area contributed by atoms with E-state index in [0.717, 1.165) is 44.6 Å². The van der Waals surface area contributed by atoms with Crippen LogP contribution in [0.4, 0.5) is 0 Å². The Balaban J connectivity index is 1.52. The van der Waals surface area contributed by atoms with Gasteiger partial charge in [-0.25, -0.2) is 9.78 Å². The summed E-state index contributed by atoms with van der Waals surface area (Å²) in [6.07, 6.45) is 3.33. The summed E-state index contributed by atoms with van der Waals surface area (Å²) in [5.41, 5.74) is 0.818. The maximum atomic E-state index is 12.8. The number of nitrogens with zero attached hydrogens (tertiary/aromatic N) is 4. The van der Waals surface area contributed by atoms with Crippen molar-refractivity contribution in [2.24, 2.45) is 5.92 Å². The van der Waals surface area contributed by atoms with E-state index in [4.69, 9.17) is 16.6 Å². The van der Waals surface area contributed by atoms with Crippen LogP contribution < -0.4 is 11.2 Å². The van der Waals surface area contributed by atoms with Crippen molar-refractivity contribution < 1.29 is 4.79 Å². The Morgan fingerprint density at radius 2 is 1.82 bits per heavy atom. The number of hydrogen-bond acceptors (Lipinski definition) is 5. The van der Waals surface area contributed by atoms with E-state index in [1.807, 2.05) is 11.5 Å². The number of H-pyrrole nitrogens is 1. The fourth-order valence-electron chi connectivity index (χ4n) is 4.61. The van der Waals surface area contributed by atoms with Crippen LogP contribution in [0.2, 0.25) is 5.02 Å². The first-order valence-corrected chi connectivity index (χ1v) is 12.0. The second-order valence-electron chi connectivity index (χ2n) is 8.63. The molecule has 0 amide bonds. The Hall–Kier alpha value is -2.71. The van der Waals surface area contributed by atoms with Crippen LogP contribution >= 0.6 is 11.6 Å². The fraction of sp³-hybridized carbons (Fsp3) is 0.500. The lowest BCUT2D eigenvalue weighted by atomic mass is 9.89. The third kappa shape index (κ3) is 4.82. The summed E-state index contributed by atoms with van der Waals surface area (Å²) in [5, 5.41) is 0.624. The van der Waals surface area contributed by atoms with Gasteiger partial charge in [-0.1, -0.05) is 24.9 Å². The first-order valence-electron chi connectivity index (χ1n) is 11.7. The summed E-state index contributed by atoms with van der Waals surface area (Å²) in [6.45, 7) is 7.28. The van der Waals surface area contributed by atoms with Crippen LogP contribution in [0.3, 0.4) is 0 Å². The minimum Gasteiger partial charge on any atom is -0.321 e.